The van der Waals surface area contributed by atoms with Crippen molar-refractivity contribution < 1.29 is 19.4 Å². The molecular formula is C36H40N2O4. The van der Waals surface area contributed by atoms with E-state index in [1.807, 2.05) is 56.0 Å². The van der Waals surface area contributed by atoms with Crippen LogP contribution in [0.2, 0.25) is 0 Å². The maximum Gasteiger partial charge on any atom is 0.410 e. The first-order valence-corrected chi connectivity index (χ1v) is 14.7. The Labute approximate surface area is 248 Å². The van der Waals surface area contributed by atoms with Crippen molar-refractivity contribution in [2.24, 2.45) is 5.92 Å². The third kappa shape index (κ3) is 6.82. The van der Waals surface area contributed by atoms with Gasteiger partial charge in [-0.15, -0.1) is 0 Å². The molecule has 1 N–H and O–H groups in total. The predicted molar refractivity (Wildman–Crippen MR) is 167 cm³/mol. The van der Waals surface area contributed by atoms with Gasteiger partial charge in [-0.1, -0.05) is 84.9 Å². The highest BCUT2D eigenvalue weighted by Crippen LogP contribution is 2.37. The van der Waals surface area contributed by atoms with Gasteiger partial charge in [0.1, 0.15) is 5.60 Å². The molecule has 0 radical (unpaired) electrons. The average Bonchev–Trinajstić information content (AvgIpc) is 3.37. The standard InChI is InChI=1S/C36H40N2O4/c1-25(31-16-10-14-27-13-8-9-15-32(27)31)38(35(41)42-36(2,3)4)23-30-22-37(24-33(30)28-11-6-5-7-12-28)21-26-17-19-29(20-18-26)34(39)40/h5-20,25,30,33H,21-24H2,1-4H3,(H,39,40)/t25-,30-,33-/m1/s1. The molecule has 1 heterocycles. The molecule has 5 rings (SSSR count). The zero-order chi connectivity index (χ0) is 29.9. The Morgan fingerprint density at radius 3 is 2.26 bits per heavy atom. The van der Waals surface area contributed by atoms with Gasteiger partial charge in [0.25, 0.3) is 0 Å². The highest BCUT2D eigenvalue weighted by atomic mass is 16.6. The topological polar surface area (TPSA) is 70.1 Å². The van der Waals surface area contributed by atoms with Gasteiger partial charge in [0.05, 0.1) is 11.6 Å². The van der Waals surface area contributed by atoms with Crippen LogP contribution in [0.15, 0.2) is 97.1 Å². The first-order chi connectivity index (χ1) is 20.1. The van der Waals surface area contributed by atoms with Gasteiger partial charge in [-0.3, -0.25) is 4.90 Å². The monoisotopic (exact) mass is 564 g/mol. The highest BCUT2D eigenvalue weighted by Gasteiger charge is 2.38. The van der Waals surface area contributed by atoms with E-state index < -0.39 is 11.6 Å². The molecule has 4 aromatic carbocycles. The van der Waals surface area contributed by atoms with Crippen LogP contribution in [-0.4, -0.2) is 52.2 Å². The molecule has 6 nitrogen and oxygen atoms in total. The second-order valence-corrected chi connectivity index (χ2v) is 12.4. The number of ether oxygens (including phenoxy) is 1. The largest absolute Gasteiger partial charge is 0.478 e. The first kappa shape index (κ1) is 29.3. The molecule has 1 aliphatic heterocycles. The maximum atomic E-state index is 13.8. The molecule has 0 unspecified atom stereocenters. The summed E-state index contributed by atoms with van der Waals surface area (Å²) >= 11 is 0. The number of carbonyl (C=O) groups is 2. The zero-order valence-electron chi connectivity index (χ0n) is 24.9. The number of fused-ring (bicyclic) bond motifs is 1. The smallest absolute Gasteiger partial charge is 0.410 e. The van der Waals surface area contributed by atoms with Crippen molar-refractivity contribution in [3.8, 4) is 0 Å². The van der Waals surface area contributed by atoms with Gasteiger partial charge in [-0.25, -0.2) is 9.59 Å². The van der Waals surface area contributed by atoms with Crippen LogP contribution in [0.1, 0.15) is 66.7 Å². The van der Waals surface area contributed by atoms with E-state index in [1.54, 1.807) is 12.1 Å². The van der Waals surface area contributed by atoms with E-state index in [2.05, 4.69) is 66.4 Å². The fraction of sp³-hybridized carbons (Fsp3) is 0.333. The lowest BCUT2D eigenvalue weighted by atomic mass is 9.88. The number of carbonyl (C=O) groups excluding carboxylic acids is 1. The minimum atomic E-state index is -0.922. The van der Waals surface area contributed by atoms with Crippen molar-refractivity contribution in [1.82, 2.24) is 9.80 Å². The van der Waals surface area contributed by atoms with E-state index >= 15 is 0 Å². The number of hydrogen-bond acceptors (Lipinski definition) is 4. The minimum Gasteiger partial charge on any atom is -0.478 e. The first-order valence-electron chi connectivity index (χ1n) is 14.7. The van der Waals surface area contributed by atoms with Crippen molar-refractivity contribution in [2.75, 3.05) is 19.6 Å². The summed E-state index contributed by atoms with van der Waals surface area (Å²) in [4.78, 5) is 29.5. The van der Waals surface area contributed by atoms with Crippen molar-refractivity contribution in [3.63, 3.8) is 0 Å². The molecule has 1 saturated heterocycles. The molecule has 1 aliphatic rings. The summed E-state index contributed by atoms with van der Waals surface area (Å²) in [6.45, 7) is 10.7. The van der Waals surface area contributed by atoms with Crippen LogP contribution >= 0.6 is 0 Å². The van der Waals surface area contributed by atoms with Gasteiger partial charge in [-0.2, -0.15) is 0 Å². The molecule has 0 spiro atoms. The molecule has 4 aromatic rings. The molecular weight excluding hydrogens is 524 g/mol. The second-order valence-electron chi connectivity index (χ2n) is 12.4. The van der Waals surface area contributed by atoms with Gasteiger partial charge in [0.15, 0.2) is 0 Å². The molecule has 218 valence electrons. The number of hydrogen-bond donors (Lipinski definition) is 1. The number of likely N-dealkylation sites (tertiary alicyclic amines) is 1. The van der Waals surface area contributed by atoms with Crippen LogP contribution in [0.3, 0.4) is 0 Å². The van der Waals surface area contributed by atoms with E-state index in [4.69, 9.17) is 4.74 Å². The van der Waals surface area contributed by atoms with Gasteiger partial charge >= 0.3 is 12.1 Å². The third-order valence-corrected chi connectivity index (χ3v) is 8.15. The number of benzene rings is 4. The van der Waals surface area contributed by atoms with E-state index in [1.165, 1.54) is 5.56 Å². The summed E-state index contributed by atoms with van der Waals surface area (Å²) in [5.74, 6) is -0.515. The molecule has 0 aliphatic carbocycles. The summed E-state index contributed by atoms with van der Waals surface area (Å²) in [5, 5.41) is 11.6. The normalized spacial score (nSPS) is 18.1. The van der Waals surface area contributed by atoms with Crippen LogP contribution in [0, 0.1) is 5.92 Å². The predicted octanol–water partition coefficient (Wildman–Crippen LogP) is 7.75. The van der Waals surface area contributed by atoms with Gasteiger partial charge in [0.2, 0.25) is 0 Å². The Hall–Kier alpha value is -4.16. The van der Waals surface area contributed by atoms with Crippen LogP contribution in [0.25, 0.3) is 10.8 Å². The Morgan fingerprint density at radius 1 is 0.905 bits per heavy atom. The summed E-state index contributed by atoms with van der Waals surface area (Å²) < 4.78 is 5.98. The number of carboxylic acid groups (broad SMARTS) is 1. The quantitative estimate of drug-likeness (QED) is 0.237. The fourth-order valence-corrected chi connectivity index (χ4v) is 6.11. The lowest BCUT2D eigenvalue weighted by molar-refractivity contribution is 0.0136. The number of rotatable bonds is 8. The van der Waals surface area contributed by atoms with Gasteiger partial charge in [0, 0.05) is 32.1 Å². The number of carboxylic acids is 1. The maximum absolute atomic E-state index is 13.8. The van der Waals surface area contributed by atoms with E-state index in [-0.39, 0.29) is 29.5 Å². The SMILES string of the molecule is C[C@H](c1cccc2ccccc12)N(C[C@H]1CN(Cc2ccc(C(=O)O)cc2)C[C@@H]1c1ccccc1)C(=O)OC(C)(C)C. The van der Waals surface area contributed by atoms with Crippen LogP contribution in [-0.2, 0) is 11.3 Å². The molecule has 1 amide bonds. The zero-order valence-corrected chi connectivity index (χ0v) is 24.9. The number of nitrogens with zero attached hydrogens (tertiary/aromatic N) is 2. The average molecular weight is 565 g/mol. The van der Waals surface area contributed by atoms with E-state index in [0.717, 1.165) is 35.0 Å². The molecule has 42 heavy (non-hydrogen) atoms. The van der Waals surface area contributed by atoms with Gasteiger partial charge in [-0.05, 0) is 73.2 Å². The van der Waals surface area contributed by atoms with E-state index in [9.17, 15) is 14.7 Å². The van der Waals surface area contributed by atoms with Crippen molar-refractivity contribution in [3.05, 3.63) is 119 Å². The Morgan fingerprint density at radius 2 is 1.57 bits per heavy atom. The molecule has 1 fully saturated rings. The molecule has 3 atom stereocenters. The Kier molecular flexibility index (Phi) is 8.64. The van der Waals surface area contributed by atoms with Gasteiger partial charge < -0.3 is 14.7 Å². The molecule has 0 bridgehead atoms. The van der Waals surface area contributed by atoms with E-state index in [0.29, 0.717) is 13.1 Å². The van der Waals surface area contributed by atoms with Crippen molar-refractivity contribution >= 4 is 22.8 Å². The lowest BCUT2D eigenvalue weighted by Gasteiger charge is -2.35. The second kappa shape index (κ2) is 12.4. The molecule has 6 heteroatoms. The Bertz CT molecular complexity index is 1520. The Balaban J connectivity index is 1.45. The third-order valence-electron chi connectivity index (χ3n) is 8.15. The molecule has 0 aromatic heterocycles. The van der Waals surface area contributed by atoms with Crippen molar-refractivity contribution in [1.29, 1.82) is 0 Å². The van der Waals surface area contributed by atoms with Crippen molar-refractivity contribution in [2.45, 2.75) is 51.8 Å². The summed E-state index contributed by atoms with van der Waals surface area (Å²) in [6, 6.07) is 32.0. The number of aromatic carboxylic acids is 1. The lowest BCUT2D eigenvalue weighted by Crippen LogP contribution is -2.42. The summed E-state index contributed by atoms with van der Waals surface area (Å²) in [7, 11) is 0. The number of amides is 1. The highest BCUT2D eigenvalue weighted by molar-refractivity contribution is 5.87. The summed E-state index contributed by atoms with van der Waals surface area (Å²) in [5.41, 5.74) is 3.10. The van der Waals surface area contributed by atoms with Crippen LogP contribution in [0.5, 0.6) is 0 Å². The summed E-state index contributed by atoms with van der Waals surface area (Å²) in [6.07, 6.45) is -0.308. The van der Waals surface area contributed by atoms with Crippen LogP contribution < -0.4 is 0 Å². The fourth-order valence-electron chi connectivity index (χ4n) is 6.11. The minimum absolute atomic E-state index is 0.177. The van der Waals surface area contributed by atoms with Crippen LogP contribution in [0.4, 0.5) is 4.79 Å². The molecule has 0 saturated carbocycles.